The molecule has 152 valence electrons. The van der Waals surface area contributed by atoms with Crippen LogP contribution in [-0.4, -0.2) is 92.5 Å². The molecule has 6 heteroatoms. The first kappa shape index (κ1) is 20.5. The van der Waals surface area contributed by atoms with Gasteiger partial charge in [-0.1, -0.05) is 6.42 Å². The third kappa shape index (κ3) is 6.43. The van der Waals surface area contributed by atoms with E-state index < -0.39 is 0 Å². The summed E-state index contributed by atoms with van der Waals surface area (Å²) in [6.07, 6.45) is 11.6. The molecule has 2 atom stereocenters. The molecule has 3 aliphatic rings. The van der Waals surface area contributed by atoms with E-state index in [1.54, 1.807) is 0 Å². The first-order valence-electron chi connectivity index (χ1n) is 11.2. The van der Waals surface area contributed by atoms with Crippen molar-refractivity contribution in [1.29, 1.82) is 0 Å². The number of hydrogen-bond acceptors (Lipinski definition) is 6. The largest absolute Gasteiger partial charge is 0.328 e. The van der Waals surface area contributed by atoms with E-state index in [4.69, 9.17) is 5.73 Å². The number of piperidine rings is 1. The van der Waals surface area contributed by atoms with E-state index in [2.05, 4.69) is 25.3 Å². The van der Waals surface area contributed by atoms with E-state index in [-0.39, 0.29) is 0 Å². The fourth-order valence-electron chi connectivity index (χ4n) is 4.84. The normalized spacial score (nSPS) is 25.7. The minimum atomic E-state index is 0.360. The highest BCUT2D eigenvalue weighted by Gasteiger charge is 2.23. The molecule has 0 amide bonds. The Bertz CT molecular complexity index is 361. The number of nitrogens with two attached hydrogens (primary N) is 1. The van der Waals surface area contributed by atoms with Crippen LogP contribution in [0.5, 0.6) is 0 Å². The topological polar surface area (TPSA) is 59.8 Å². The summed E-state index contributed by atoms with van der Waals surface area (Å²) < 4.78 is 0. The van der Waals surface area contributed by atoms with Crippen molar-refractivity contribution in [2.45, 2.75) is 63.7 Å². The number of rotatable bonds is 11. The standard InChI is InChI=1S/C20H42N6/c21-18-20(26-13-2-1-3-14-26)22-9-8-19(25-15-6-7-16-25)23-10-17-24-11-4-5-12-24/h19-20,22-23H,1-18,21H2. The summed E-state index contributed by atoms with van der Waals surface area (Å²) in [5.41, 5.74) is 6.06. The maximum Gasteiger partial charge on any atom is 0.0723 e. The van der Waals surface area contributed by atoms with Gasteiger partial charge >= 0.3 is 0 Å². The van der Waals surface area contributed by atoms with Crippen LogP contribution < -0.4 is 16.4 Å². The highest BCUT2D eigenvalue weighted by atomic mass is 15.3. The Balaban J connectivity index is 1.39. The molecule has 0 aromatic carbocycles. The third-order valence-electron chi connectivity index (χ3n) is 6.44. The van der Waals surface area contributed by atoms with E-state index in [0.29, 0.717) is 12.3 Å². The summed E-state index contributed by atoms with van der Waals surface area (Å²) in [5.74, 6) is 0. The number of likely N-dealkylation sites (tertiary alicyclic amines) is 3. The minimum Gasteiger partial charge on any atom is -0.328 e. The fourth-order valence-corrected chi connectivity index (χ4v) is 4.84. The van der Waals surface area contributed by atoms with Crippen LogP contribution in [0.3, 0.4) is 0 Å². The zero-order valence-electron chi connectivity index (χ0n) is 16.8. The molecule has 0 bridgehead atoms. The summed E-state index contributed by atoms with van der Waals surface area (Å²) in [5, 5.41) is 7.61. The second-order valence-electron chi connectivity index (χ2n) is 8.35. The van der Waals surface area contributed by atoms with Crippen LogP contribution in [0, 0.1) is 0 Å². The molecule has 2 unspecified atom stereocenters. The number of nitrogens with zero attached hydrogens (tertiary/aromatic N) is 3. The Morgan fingerprint density at radius 2 is 1.19 bits per heavy atom. The van der Waals surface area contributed by atoms with E-state index in [1.807, 2.05) is 0 Å². The van der Waals surface area contributed by atoms with Crippen molar-refractivity contribution in [3.63, 3.8) is 0 Å². The zero-order chi connectivity index (χ0) is 18.0. The summed E-state index contributed by atoms with van der Waals surface area (Å²) in [6.45, 7) is 11.6. The van der Waals surface area contributed by atoms with Crippen molar-refractivity contribution >= 4 is 0 Å². The van der Waals surface area contributed by atoms with Gasteiger partial charge < -0.3 is 21.3 Å². The lowest BCUT2D eigenvalue weighted by Crippen LogP contribution is -2.54. The molecular weight excluding hydrogens is 324 g/mol. The summed E-state index contributed by atoms with van der Waals surface area (Å²) in [6, 6.07) is 0. The molecule has 3 aliphatic heterocycles. The van der Waals surface area contributed by atoms with Gasteiger partial charge in [0.2, 0.25) is 0 Å². The van der Waals surface area contributed by atoms with E-state index in [1.165, 1.54) is 97.2 Å². The van der Waals surface area contributed by atoms with Crippen molar-refractivity contribution in [3.8, 4) is 0 Å². The van der Waals surface area contributed by atoms with Gasteiger partial charge in [-0.2, -0.15) is 0 Å². The summed E-state index contributed by atoms with van der Waals surface area (Å²) >= 11 is 0. The number of hydrogen-bond donors (Lipinski definition) is 3. The monoisotopic (exact) mass is 366 g/mol. The maximum atomic E-state index is 6.06. The Labute approximate surface area is 160 Å². The highest BCUT2D eigenvalue weighted by Crippen LogP contribution is 2.14. The lowest BCUT2D eigenvalue weighted by molar-refractivity contribution is 0.132. The molecule has 3 saturated heterocycles. The van der Waals surface area contributed by atoms with Gasteiger partial charge in [-0.15, -0.1) is 0 Å². The minimum absolute atomic E-state index is 0.360. The van der Waals surface area contributed by atoms with Crippen LogP contribution in [0.15, 0.2) is 0 Å². The van der Waals surface area contributed by atoms with Crippen LogP contribution >= 0.6 is 0 Å². The highest BCUT2D eigenvalue weighted by molar-refractivity contribution is 4.79. The first-order chi connectivity index (χ1) is 12.9. The molecule has 26 heavy (non-hydrogen) atoms. The SMILES string of the molecule is NCC(NCCC(NCCN1CCCC1)N1CCCC1)N1CCCCC1. The molecule has 3 rings (SSSR count). The Morgan fingerprint density at radius 3 is 1.85 bits per heavy atom. The van der Waals surface area contributed by atoms with Gasteiger partial charge in [0.15, 0.2) is 0 Å². The Morgan fingerprint density at radius 1 is 0.654 bits per heavy atom. The van der Waals surface area contributed by atoms with Gasteiger partial charge in [-0.05, 0) is 90.8 Å². The second-order valence-corrected chi connectivity index (χ2v) is 8.35. The van der Waals surface area contributed by atoms with Crippen molar-refractivity contribution in [1.82, 2.24) is 25.3 Å². The zero-order valence-corrected chi connectivity index (χ0v) is 16.8. The molecule has 0 spiro atoms. The first-order valence-corrected chi connectivity index (χ1v) is 11.2. The maximum absolute atomic E-state index is 6.06. The van der Waals surface area contributed by atoms with Crippen LogP contribution in [0.1, 0.15) is 51.4 Å². The van der Waals surface area contributed by atoms with Crippen LogP contribution in [-0.2, 0) is 0 Å². The van der Waals surface area contributed by atoms with Crippen molar-refractivity contribution < 1.29 is 0 Å². The summed E-state index contributed by atoms with van der Waals surface area (Å²) in [7, 11) is 0. The van der Waals surface area contributed by atoms with Crippen LogP contribution in [0.4, 0.5) is 0 Å². The smallest absolute Gasteiger partial charge is 0.0723 e. The average Bonchev–Trinajstić information content (AvgIpc) is 3.38. The van der Waals surface area contributed by atoms with E-state index in [9.17, 15) is 0 Å². The third-order valence-corrected chi connectivity index (χ3v) is 6.44. The fraction of sp³-hybridized carbons (Fsp3) is 1.00. The van der Waals surface area contributed by atoms with Gasteiger partial charge in [-0.3, -0.25) is 9.80 Å². The predicted molar refractivity (Wildman–Crippen MR) is 109 cm³/mol. The van der Waals surface area contributed by atoms with Gasteiger partial charge in [0, 0.05) is 19.6 Å². The molecule has 0 saturated carbocycles. The molecule has 3 fully saturated rings. The van der Waals surface area contributed by atoms with E-state index in [0.717, 1.165) is 19.6 Å². The molecular formula is C20H42N6. The molecule has 0 radical (unpaired) electrons. The van der Waals surface area contributed by atoms with Crippen molar-refractivity contribution in [2.75, 3.05) is 65.4 Å². The second kappa shape index (κ2) is 11.6. The molecule has 3 heterocycles. The van der Waals surface area contributed by atoms with E-state index >= 15 is 0 Å². The molecule has 0 aromatic rings. The molecule has 0 aromatic heterocycles. The van der Waals surface area contributed by atoms with Crippen molar-refractivity contribution in [2.24, 2.45) is 5.73 Å². The van der Waals surface area contributed by atoms with Gasteiger partial charge in [-0.25, -0.2) is 0 Å². The van der Waals surface area contributed by atoms with Crippen LogP contribution in [0.2, 0.25) is 0 Å². The predicted octanol–water partition coefficient (Wildman–Crippen LogP) is 0.844. The quantitative estimate of drug-likeness (QED) is 0.504. The molecule has 4 N–H and O–H groups in total. The Kier molecular flexibility index (Phi) is 9.12. The average molecular weight is 367 g/mol. The number of nitrogens with one attached hydrogen (secondary N) is 2. The van der Waals surface area contributed by atoms with Gasteiger partial charge in [0.1, 0.15) is 0 Å². The lowest BCUT2D eigenvalue weighted by atomic mass is 10.1. The van der Waals surface area contributed by atoms with Crippen LogP contribution in [0.25, 0.3) is 0 Å². The van der Waals surface area contributed by atoms with Gasteiger partial charge in [0.05, 0.1) is 12.3 Å². The molecule has 6 nitrogen and oxygen atoms in total. The lowest BCUT2D eigenvalue weighted by Gasteiger charge is -2.35. The van der Waals surface area contributed by atoms with Gasteiger partial charge in [0.25, 0.3) is 0 Å². The van der Waals surface area contributed by atoms with Crippen molar-refractivity contribution in [3.05, 3.63) is 0 Å². The molecule has 0 aliphatic carbocycles. The Hall–Kier alpha value is -0.240. The summed E-state index contributed by atoms with van der Waals surface area (Å²) in [4.78, 5) is 7.81.